The summed E-state index contributed by atoms with van der Waals surface area (Å²) in [6, 6.07) is 11.7. The van der Waals surface area contributed by atoms with Crippen molar-refractivity contribution in [1.29, 1.82) is 0 Å². The molecule has 0 aliphatic carbocycles. The first-order valence-corrected chi connectivity index (χ1v) is 9.03. The highest BCUT2D eigenvalue weighted by Gasteiger charge is 2.17. The first kappa shape index (κ1) is 15.9. The number of aryl methyl sites for hydroxylation is 1. The molecule has 4 aromatic rings. The summed E-state index contributed by atoms with van der Waals surface area (Å²) in [5.74, 6) is 0.219. The van der Waals surface area contributed by atoms with Gasteiger partial charge in [0.1, 0.15) is 10.4 Å². The predicted molar refractivity (Wildman–Crippen MR) is 105 cm³/mol. The number of pyridine rings is 1. The van der Waals surface area contributed by atoms with E-state index in [1.165, 1.54) is 11.3 Å². The molecule has 4 rings (SSSR count). The van der Waals surface area contributed by atoms with Crippen molar-refractivity contribution in [3.05, 3.63) is 63.3 Å². The first-order valence-electron chi connectivity index (χ1n) is 8.15. The van der Waals surface area contributed by atoms with Gasteiger partial charge in [0, 0.05) is 16.3 Å². The molecule has 0 fully saturated rings. The number of hydrogen-bond acceptors (Lipinski definition) is 4. The highest BCUT2D eigenvalue weighted by molar-refractivity contribution is 7.17. The number of aromatic hydroxyl groups is 1. The lowest BCUT2D eigenvalue weighted by molar-refractivity contribution is 0.477. The van der Waals surface area contributed by atoms with Gasteiger partial charge >= 0.3 is 0 Å². The molecule has 0 spiro atoms. The Morgan fingerprint density at radius 1 is 1.20 bits per heavy atom. The molecule has 126 valence electrons. The lowest BCUT2D eigenvalue weighted by Gasteiger charge is -2.13. The van der Waals surface area contributed by atoms with Crippen molar-refractivity contribution in [2.75, 3.05) is 6.54 Å². The Hall–Kier alpha value is -2.63. The maximum absolute atomic E-state index is 12.3. The van der Waals surface area contributed by atoms with Gasteiger partial charge in [-0.05, 0) is 54.1 Å². The van der Waals surface area contributed by atoms with Crippen molar-refractivity contribution in [3.63, 3.8) is 0 Å². The number of phenolic OH excluding ortho intramolecular Hbond substituents is 1. The summed E-state index contributed by atoms with van der Waals surface area (Å²) >= 11 is 1.41. The molecule has 5 heteroatoms. The van der Waals surface area contributed by atoms with E-state index in [9.17, 15) is 9.90 Å². The Balaban J connectivity index is 2.09. The van der Waals surface area contributed by atoms with Crippen LogP contribution in [-0.2, 0) is 6.42 Å². The van der Waals surface area contributed by atoms with Crippen LogP contribution < -0.4 is 11.3 Å². The second-order valence-corrected chi connectivity index (χ2v) is 7.11. The minimum atomic E-state index is -0.0875. The van der Waals surface area contributed by atoms with Crippen LogP contribution in [0.3, 0.4) is 0 Å². The number of fused-ring (bicyclic) bond motifs is 3. The summed E-state index contributed by atoms with van der Waals surface area (Å²) in [7, 11) is 0. The van der Waals surface area contributed by atoms with E-state index in [0.29, 0.717) is 11.2 Å². The third kappa shape index (κ3) is 2.52. The number of benzene rings is 2. The average molecular weight is 350 g/mol. The maximum atomic E-state index is 12.3. The standard InChI is InChI=1S/C20H18N2O2S/c1-11-10-15(23)16(13-4-2-12(3-5-13)6-8-21)17-14-7-9-25-19(14)20(24)22-18(11)17/h2-5,7,9-10,23H,6,8,21H2,1H3,(H,22,24). The molecule has 0 saturated carbocycles. The fraction of sp³-hybridized carbons (Fsp3) is 0.150. The summed E-state index contributed by atoms with van der Waals surface area (Å²) in [5, 5.41) is 14.4. The fourth-order valence-corrected chi connectivity index (χ4v) is 4.17. The molecule has 0 unspecified atom stereocenters. The van der Waals surface area contributed by atoms with Gasteiger partial charge in [0.15, 0.2) is 0 Å². The van der Waals surface area contributed by atoms with E-state index in [1.54, 1.807) is 6.07 Å². The van der Waals surface area contributed by atoms with Gasteiger partial charge in [-0.1, -0.05) is 24.3 Å². The minimum absolute atomic E-state index is 0.0875. The summed E-state index contributed by atoms with van der Waals surface area (Å²) in [6.45, 7) is 2.50. The van der Waals surface area contributed by atoms with Crippen molar-refractivity contribution in [3.8, 4) is 16.9 Å². The smallest absolute Gasteiger partial charge is 0.266 e. The van der Waals surface area contributed by atoms with Gasteiger partial charge in [-0.25, -0.2) is 0 Å². The van der Waals surface area contributed by atoms with Crippen LogP contribution in [0.15, 0.2) is 46.6 Å². The van der Waals surface area contributed by atoms with Crippen LogP contribution >= 0.6 is 11.3 Å². The monoisotopic (exact) mass is 350 g/mol. The van der Waals surface area contributed by atoms with Gasteiger partial charge in [0.2, 0.25) is 0 Å². The Morgan fingerprint density at radius 3 is 2.68 bits per heavy atom. The maximum Gasteiger partial charge on any atom is 0.266 e. The Morgan fingerprint density at radius 2 is 1.96 bits per heavy atom. The number of aromatic nitrogens is 1. The third-order valence-corrected chi connectivity index (χ3v) is 5.47. The molecule has 0 aliphatic heterocycles. The molecular formula is C20H18N2O2S. The van der Waals surface area contributed by atoms with Crippen LogP contribution in [0.1, 0.15) is 11.1 Å². The molecule has 4 nitrogen and oxygen atoms in total. The molecule has 0 saturated heterocycles. The van der Waals surface area contributed by atoms with Crippen molar-refractivity contribution in [2.45, 2.75) is 13.3 Å². The quantitative estimate of drug-likeness (QED) is 0.524. The van der Waals surface area contributed by atoms with Gasteiger partial charge in [0.25, 0.3) is 5.56 Å². The molecule has 0 bridgehead atoms. The Labute approximate surface area is 148 Å². The lowest BCUT2D eigenvalue weighted by Crippen LogP contribution is -2.06. The minimum Gasteiger partial charge on any atom is -0.507 e. The lowest BCUT2D eigenvalue weighted by atomic mass is 9.94. The van der Waals surface area contributed by atoms with Gasteiger partial charge in [0.05, 0.1) is 5.52 Å². The summed E-state index contributed by atoms with van der Waals surface area (Å²) in [4.78, 5) is 15.3. The van der Waals surface area contributed by atoms with Crippen LogP contribution in [0.5, 0.6) is 5.75 Å². The molecule has 0 radical (unpaired) electrons. The predicted octanol–water partition coefficient (Wildman–Crippen LogP) is 3.93. The van der Waals surface area contributed by atoms with Crippen molar-refractivity contribution in [2.24, 2.45) is 5.73 Å². The van der Waals surface area contributed by atoms with E-state index < -0.39 is 0 Å². The zero-order valence-corrected chi connectivity index (χ0v) is 14.6. The molecule has 0 amide bonds. The molecule has 2 aromatic heterocycles. The SMILES string of the molecule is Cc1cc(O)c(-c2ccc(CCN)cc2)c2c1[nH]c(=O)c1sccc12. The molecule has 0 aliphatic rings. The number of thiophene rings is 1. The number of H-pyrrole nitrogens is 1. The molecule has 0 atom stereocenters. The normalized spacial score (nSPS) is 11.4. The molecular weight excluding hydrogens is 332 g/mol. The van der Waals surface area contributed by atoms with Crippen molar-refractivity contribution >= 4 is 32.3 Å². The fourth-order valence-electron chi connectivity index (χ4n) is 3.38. The summed E-state index contributed by atoms with van der Waals surface area (Å²) < 4.78 is 0.679. The van der Waals surface area contributed by atoms with Crippen molar-refractivity contribution in [1.82, 2.24) is 4.98 Å². The van der Waals surface area contributed by atoms with Gasteiger partial charge in [-0.15, -0.1) is 11.3 Å². The van der Waals surface area contributed by atoms with Gasteiger partial charge < -0.3 is 15.8 Å². The van der Waals surface area contributed by atoms with Gasteiger partial charge in [-0.2, -0.15) is 0 Å². The largest absolute Gasteiger partial charge is 0.507 e. The van der Waals surface area contributed by atoms with E-state index in [0.717, 1.165) is 45.0 Å². The number of nitrogens with one attached hydrogen (secondary N) is 1. The number of rotatable bonds is 3. The number of hydrogen-bond donors (Lipinski definition) is 3. The second-order valence-electron chi connectivity index (χ2n) is 6.19. The van der Waals surface area contributed by atoms with E-state index in [-0.39, 0.29) is 11.3 Å². The zero-order valence-electron chi connectivity index (χ0n) is 13.8. The number of nitrogens with two attached hydrogens (primary N) is 1. The third-order valence-electron chi connectivity index (χ3n) is 4.56. The zero-order chi connectivity index (χ0) is 17.6. The highest BCUT2D eigenvalue weighted by Crippen LogP contribution is 2.41. The Kier molecular flexibility index (Phi) is 3.82. The molecule has 25 heavy (non-hydrogen) atoms. The van der Waals surface area contributed by atoms with E-state index in [2.05, 4.69) is 4.98 Å². The average Bonchev–Trinajstić information content (AvgIpc) is 3.08. The van der Waals surface area contributed by atoms with Crippen LogP contribution in [0.4, 0.5) is 0 Å². The summed E-state index contributed by atoms with van der Waals surface area (Å²) in [5.41, 5.74) is 9.98. The van der Waals surface area contributed by atoms with Crippen LogP contribution in [0, 0.1) is 6.92 Å². The van der Waals surface area contributed by atoms with E-state index in [1.807, 2.05) is 42.6 Å². The topological polar surface area (TPSA) is 79.1 Å². The van der Waals surface area contributed by atoms with E-state index >= 15 is 0 Å². The number of aromatic amines is 1. The van der Waals surface area contributed by atoms with Crippen LogP contribution in [-0.4, -0.2) is 16.6 Å². The van der Waals surface area contributed by atoms with Gasteiger partial charge in [-0.3, -0.25) is 4.79 Å². The van der Waals surface area contributed by atoms with Crippen molar-refractivity contribution < 1.29 is 5.11 Å². The van der Waals surface area contributed by atoms with Crippen LogP contribution in [0.25, 0.3) is 32.1 Å². The summed E-state index contributed by atoms with van der Waals surface area (Å²) in [6.07, 6.45) is 0.822. The van der Waals surface area contributed by atoms with E-state index in [4.69, 9.17) is 5.73 Å². The van der Waals surface area contributed by atoms with Crippen LogP contribution in [0.2, 0.25) is 0 Å². The Bertz CT molecular complexity index is 1140. The molecule has 2 heterocycles. The highest BCUT2D eigenvalue weighted by atomic mass is 32.1. The number of phenols is 1. The molecule has 2 aromatic carbocycles. The molecule has 4 N–H and O–H groups in total. The first-order chi connectivity index (χ1) is 12.1. The second kappa shape index (κ2) is 6.02.